The van der Waals surface area contributed by atoms with Crippen LogP contribution in [-0.4, -0.2) is 19.1 Å². The number of rotatable bonds is 4. The number of hydrogen-bond donors (Lipinski definition) is 2. The minimum absolute atomic E-state index is 0.0535. The van der Waals surface area contributed by atoms with E-state index in [1.54, 1.807) is 7.11 Å². The summed E-state index contributed by atoms with van der Waals surface area (Å²) in [5.74, 6) is 1.30. The lowest BCUT2D eigenvalue weighted by Crippen LogP contribution is -2.38. The smallest absolute Gasteiger partial charge is 0.224 e. The maximum absolute atomic E-state index is 11.8. The third kappa shape index (κ3) is 3.01. The van der Waals surface area contributed by atoms with E-state index in [1.165, 1.54) is 0 Å². The van der Waals surface area contributed by atoms with Crippen LogP contribution >= 0.6 is 0 Å². The molecule has 1 fully saturated rings. The summed E-state index contributed by atoms with van der Waals surface area (Å²) >= 11 is 0. The Morgan fingerprint density at radius 1 is 1.50 bits per heavy atom. The molecule has 1 saturated carbocycles. The van der Waals surface area contributed by atoms with Gasteiger partial charge in [0.05, 0.1) is 7.11 Å². The zero-order chi connectivity index (χ0) is 13.1. The van der Waals surface area contributed by atoms with Gasteiger partial charge >= 0.3 is 0 Å². The fourth-order valence-electron chi connectivity index (χ4n) is 2.33. The number of aryl methyl sites for hydroxylation is 1. The predicted octanol–water partition coefficient (Wildman–Crippen LogP) is 2.07. The molecule has 1 aliphatic rings. The molecular weight excluding hydrogens is 228 g/mol. The van der Waals surface area contributed by atoms with Crippen LogP contribution in [0.5, 0.6) is 5.75 Å². The van der Waals surface area contributed by atoms with E-state index in [-0.39, 0.29) is 5.91 Å². The summed E-state index contributed by atoms with van der Waals surface area (Å²) in [5, 5.41) is 2.90. The SMILES string of the molecule is COc1cc(NC(=O)CC2CC(N)C2)ccc1C. The summed E-state index contributed by atoms with van der Waals surface area (Å²) in [6.07, 6.45) is 2.49. The van der Waals surface area contributed by atoms with Gasteiger partial charge in [0.1, 0.15) is 5.75 Å². The first-order valence-electron chi connectivity index (χ1n) is 6.28. The van der Waals surface area contributed by atoms with E-state index in [9.17, 15) is 4.79 Å². The monoisotopic (exact) mass is 248 g/mol. The first-order valence-corrected chi connectivity index (χ1v) is 6.28. The summed E-state index contributed by atoms with van der Waals surface area (Å²) < 4.78 is 5.23. The Morgan fingerprint density at radius 2 is 2.22 bits per heavy atom. The van der Waals surface area contributed by atoms with E-state index < -0.39 is 0 Å². The fraction of sp³-hybridized carbons (Fsp3) is 0.500. The second-order valence-corrected chi connectivity index (χ2v) is 5.03. The van der Waals surface area contributed by atoms with E-state index >= 15 is 0 Å². The molecule has 0 bridgehead atoms. The molecule has 1 amide bonds. The van der Waals surface area contributed by atoms with Crippen LogP contribution < -0.4 is 15.8 Å². The van der Waals surface area contributed by atoms with Gasteiger partial charge in [-0.25, -0.2) is 0 Å². The average molecular weight is 248 g/mol. The molecule has 98 valence electrons. The Morgan fingerprint density at radius 3 is 2.83 bits per heavy atom. The minimum Gasteiger partial charge on any atom is -0.496 e. The molecule has 0 atom stereocenters. The van der Waals surface area contributed by atoms with Crippen molar-refractivity contribution >= 4 is 11.6 Å². The Kier molecular flexibility index (Phi) is 3.87. The van der Waals surface area contributed by atoms with Crippen LogP contribution in [0.3, 0.4) is 0 Å². The van der Waals surface area contributed by atoms with Crippen molar-refractivity contribution in [2.75, 3.05) is 12.4 Å². The van der Waals surface area contributed by atoms with Crippen LogP contribution in [0.4, 0.5) is 5.69 Å². The molecule has 1 aromatic carbocycles. The number of carbonyl (C=O) groups is 1. The lowest BCUT2D eigenvalue weighted by atomic mass is 9.78. The van der Waals surface area contributed by atoms with Gasteiger partial charge < -0.3 is 15.8 Å². The molecule has 2 rings (SSSR count). The van der Waals surface area contributed by atoms with E-state index in [1.807, 2.05) is 25.1 Å². The topological polar surface area (TPSA) is 64.3 Å². The van der Waals surface area contributed by atoms with Gasteiger partial charge in [0, 0.05) is 24.2 Å². The highest BCUT2D eigenvalue weighted by Gasteiger charge is 2.27. The quantitative estimate of drug-likeness (QED) is 0.857. The number of benzene rings is 1. The molecule has 1 aliphatic carbocycles. The molecular formula is C14H20N2O2. The van der Waals surface area contributed by atoms with Crippen molar-refractivity contribution in [1.82, 2.24) is 0 Å². The molecule has 0 aliphatic heterocycles. The molecule has 0 heterocycles. The highest BCUT2D eigenvalue weighted by atomic mass is 16.5. The second kappa shape index (κ2) is 5.40. The van der Waals surface area contributed by atoms with Gasteiger partial charge in [-0.3, -0.25) is 4.79 Å². The number of anilines is 1. The number of carbonyl (C=O) groups excluding carboxylic acids is 1. The second-order valence-electron chi connectivity index (χ2n) is 5.03. The van der Waals surface area contributed by atoms with Gasteiger partial charge in [-0.1, -0.05) is 6.07 Å². The zero-order valence-electron chi connectivity index (χ0n) is 10.9. The van der Waals surface area contributed by atoms with Gasteiger partial charge in [0.25, 0.3) is 0 Å². The third-order valence-electron chi connectivity index (χ3n) is 3.44. The largest absolute Gasteiger partial charge is 0.496 e. The van der Waals surface area contributed by atoms with Crippen molar-refractivity contribution in [2.24, 2.45) is 11.7 Å². The Labute approximate surface area is 108 Å². The van der Waals surface area contributed by atoms with Crippen molar-refractivity contribution in [3.05, 3.63) is 23.8 Å². The lowest BCUT2D eigenvalue weighted by Gasteiger charge is -2.31. The van der Waals surface area contributed by atoms with Crippen LogP contribution in [0.25, 0.3) is 0 Å². The van der Waals surface area contributed by atoms with Crippen molar-refractivity contribution in [2.45, 2.75) is 32.2 Å². The van der Waals surface area contributed by atoms with Gasteiger partial charge in [-0.05, 0) is 37.3 Å². The number of methoxy groups -OCH3 is 1. The predicted molar refractivity (Wildman–Crippen MR) is 71.7 cm³/mol. The molecule has 18 heavy (non-hydrogen) atoms. The molecule has 3 N–H and O–H groups in total. The van der Waals surface area contributed by atoms with Crippen molar-refractivity contribution in [3.8, 4) is 5.75 Å². The van der Waals surface area contributed by atoms with Crippen LogP contribution in [0.1, 0.15) is 24.8 Å². The normalized spacial score (nSPS) is 22.2. The number of amides is 1. The van der Waals surface area contributed by atoms with Crippen molar-refractivity contribution in [1.29, 1.82) is 0 Å². The molecule has 4 heteroatoms. The summed E-state index contributed by atoms with van der Waals surface area (Å²) in [6.45, 7) is 1.97. The molecule has 0 spiro atoms. The molecule has 0 saturated heterocycles. The Bertz CT molecular complexity index is 439. The Hall–Kier alpha value is -1.55. The number of ether oxygens (including phenoxy) is 1. The fourth-order valence-corrected chi connectivity index (χ4v) is 2.33. The summed E-state index contributed by atoms with van der Waals surface area (Å²) in [6, 6.07) is 5.97. The molecule has 1 aromatic rings. The maximum Gasteiger partial charge on any atom is 0.224 e. The van der Waals surface area contributed by atoms with Crippen molar-refractivity contribution in [3.63, 3.8) is 0 Å². The standard InChI is InChI=1S/C14H20N2O2/c1-9-3-4-12(8-13(9)18-2)16-14(17)7-10-5-11(15)6-10/h3-4,8,10-11H,5-7,15H2,1-2H3,(H,16,17). The van der Waals surface area contributed by atoms with Crippen LogP contribution in [-0.2, 0) is 4.79 Å². The first kappa shape index (κ1) is 12.9. The number of nitrogens with two attached hydrogens (primary N) is 1. The van der Waals surface area contributed by atoms with E-state index in [0.717, 1.165) is 29.8 Å². The van der Waals surface area contributed by atoms with Crippen LogP contribution in [0, 0.1) is 12.8 Å². The number of nitrogens with one attached hydrogen (secondary N) is 1. The summed E-state index contributed by atoms with van der Waals surface area (Å²) in [5.41, 5.74) is 7.54. The third-order valence-corrected chi connectivity index (χ3v) is 3.44. The maximum atomic E-state index is 11.8. The Balaban J connectivity index is 1.90. The van der Waals surface area contributed by atoms with Gasteiger partial charge in [0.15, 0.2) is 0 Å². The van der Waals surface area contributed by atoms with Gasteiger partial charge in [0.2, 0.25) is 5.91 Å². The van der Waals surface area contributed by atoms with Gasteiger partial charge in [-0.2, -0.15) is 0 Å². The molecule has 0 unspecified atom stereocenters. The van der Waals surface area contributed by atoms with Crippen molar-refractivity contribution < 1.29 is 9.53 Å². The first-order chi connectivity index (χ1) is 8.58. The molecule has 0 aromatic heterocycles. The lowest BCUT2D eigenvalue weighted by molar-refractivity contribution is -0.117. The summed E-state index contributed by atoms with van der Waals surface area (Å²) in [7, 11) is 1.63. The van der Waals surface area contributed by atoms with E-state index in [0.29, 0.717) is 18.4 Å². The number of hydrogen-bond acceptors (Lipinski definition) is 3. The highest BCUT2D eigenvalue weighted by molar-refractivity contribution is 5.91. The zero-order valence-corrected chi connectivity index (χ0v) is 10.9. The van der Waals surface area contributed by atoms with E-state index in [4.69, 9.17) is 10.5 Å². The van der Waals surface area contributed by atoms with Crippen LogP contribution in [0.15, 0.2) is 18.2 Å². The molecule has 0 radical (unpaired) electrons. The average Bonchev–Trinajstić information content (AvgIpc) is 2.29. The van der Waals surface area contributed by atoms with Crippen LogP contribution in [0.2, 0.25) is 0 Å². The summed E-state index contributed by atoms with van der Waals surface area (Å²) in [4.78, 5) is 11.8. The van der Waals surface area contributed by atoms with Gasteiger partial charge in [-0.15, -0.1) is 0 Å². The minimum atomic E-state index is 0.0535. The molecule has 4 nitrogen and oxygen atoms in total. The highest BCUT2D eigenvalue weighted by Crippen LogP contribution is 2.29. The van der Waals surface area contributed by atoms with E-state index in [2.05, 4.69) is 5.32 Å².